The van der Waals surface area contributed by atoms with E-state index in [0.717, 1.165) is 0 Å². The van der Waals surface area contributed by atoms with E-state index in [4.69, 9.17) is 0 Å². The predicted molar refractivity (Wildman–Crippen MR) is 302 cm³/mol. The van der Waals surface area contributed by atoms with E-state index >= 15 is 0 Å². The zero-order chi connectivity index (χ0) is 45.6. The lowest BCUT2D eigenvalue weighted by Crippen LogP contribution is -1.94. The third kappa shape index (κ3) is 4.94. The Balaban J connectivity index is 1.20. The predicted octanol–water partition coefficient (Wildman–Crippen LogP) is 19.9. The lowest BCUT2D eigenvalue weighted by Gasteiger charge is -2.22. The van der Waals surface area contributed by atoms with E-state index in [1.807, 2.05) is 0 Å². The summed E-state index contributed by atoms with van der Waals surface area (Å²) in [6.45, 7) is 0. The van der Waals surface area contributed by atoms with Crippen LogP contribution in [-0.2, 0) is 0 Å². The summed E-state index contributed by atoms with van der Waals surface area (Å²) < 4.78 is 0. The van der Waals surface area contributed by atoms with Crippen molar-refractivity contribution in [3.8, 4) is 55.6 Å². The first-order valence-electron chi connectivity index (χ1n) is 24.5. The molecule has 0 fully saturated rings. The summed E-state index contributed by atoms with van der Waals surface area (Å²) in [6.07, 6.45) is 0. The second-order valence-electron chi connectivity index (χ2n) is 19.2. The average molecular weight is 881 g/mol. The van der Waals surface area contributed by atoms with Gasteiger partial charge < -0.3 is 0 Å². The SMILES string of the molecule is c1ccc(-c2ccccc2-c2c3cccc4c3c(c3cccc5c(-c6ccccc6)c6c7ccc(-c8ccccc8)c8c(-c9ccccc9)ccc(c87)c6c4c53)c3c4cccc5cccc(c23)c54)cc1. The van der Waals surface area contributed by atoms with Crippen molar-refractivity contribution in [1.29, 1.82) is 0 Å². The molecule has 320 valence electrons. The van der Waals surface area contributed by atoms with Crippen molar-refractivity contribution in [1.82, 2.24) is 0 Å². The summed E-state index contributed by atoms with van der Waals surface area (Å²) in [6, 6.07) is 91.2. The Morgan fingerprint density at radius 2 is 0.486 bits per heavy atom. The minimum Gasteiger partial charge on any atom is -0.0622 e. The van der Waals surface area contributed by atoms with Crippen molar-refractivity contribution in [3.63, 3.8) is 0 Å². The van der Waals surface area contributed by atoms with E-state index in [1.54, 1.807) is 0 Å². The Hall–Kier alpha value is -9.10. The van der Waals surface area contributed by atoms with E-state index in [2.05, 4.69) is 243 Å². The second kappa shape index (κ2) is 14.2. The van der Waals surface area contributed by atoms with Crippen LogP contribution in [0.1, 0.15) is 0 Å². The maximum Gasteiger partial charge on any atom is -0.000696 e. The van der Waals surface area contributed by atoms with Crippen LogP contribution in [0.25, 0.3) is 163 Å². The molecule has 0 aromatic heterocycles. The van der Waals surface area contributed by atoms with Gasteiger partial charge >= 0.3 is 0 Å². The highest BCUT2D eigenvalue weighted by Gasteiger charge is 2.30. The molecule has 0 heteroatoms. The van der Waals surface area contributed by atoms with Gasteiger partial charge in [0.25, 0.3) is 0 Å². The molecule has 0 atom stereocenters. The Morgan fingerprint density at radius 1 is 0.143 bits per heavy atom. The van der Waals surface area contributed by atoms with Gasteiger partial charge in [-0.1, -0.05) is 243 Å². The topological polar surface area (TPSA) is 0 Å². The van der Waals surface area contributed by atoms with Crippen LogP contribution in [0.4, 0.5) is 0 Å². The van der Waals surface area contributed by atoms with Crippen LogP contribution in [0.5, 0.6) is 0 Å². The molecule has 0 N–H and O–H groups in total. The third-order valence-corrected chi connectivity index (χ3v) is 15.9. The zero-order valence-corrected chi connectivity index (χ0v) is 38.1. The lowest BCUT2D eigenvalue weighted by molar-refractivity contribution is 1.61. The van der Waals surface area contributed by atoms with Crippen LogP contribution >= 0.6 is 0 Å². The first-order chi connectivity index (χ1) is 34.8. The summed E-state index contributed by atoms with van der Waals surface area (Å²) in [5.74, 6) is 0. The fourth-order valence-electron chi connectivity index (χ4n) is 13.3. The van der Waals surface area contributed by atoms with Gasteiger partial charge in [-0.15, -0.1) is 0 Å². The minimum atomic E-state index is 1.22. The van der Waals surface area contributed by atoms with Crippen molar-refractivity contribution >= 4 is 108 Å². The third-order valence-electron chi connectivity index (χ3n) is 15.9. The Labute approximate surface area is 403 Å². The molecule has 0 saturated heterocycles. The maximum absolute atomic E-state index is 2.45. The Bertz CT molecular complexity index is 4710. The molecule has 0 aliphatic heterocycles. The summed E-state index contributed by atoms with van der Waals surface area (Å²) in [4.78, 5) is 0. The van der Waals surface area contributed by atoms with Crippen molar-refractivity contribution in [2.75, 3.05) is 0 Å². The van der Waals surface area contributed by atoms with E-state index in [1.165, 1.54) is 163 Å². The van der Waals surface area contributed by atoms with E-state index in [9.17, 15) is 0 Å². The highest BCUT2D eigenvalue weighted by molar-refractivity contribution is 6.53. The molecular weight excluding hydrogens is 841 g/mol. The van der Waals surface area contributed by atoms with E-state index in [0.29, 0.717) is 0 Å². The molecule has 0 spiro atoms. The zero-order valence-electron chi connectivity index (χ0n) is 38.1. The van der Waals surface area contributed by atoms with E-state index < -0.39 is 0 Å². The van der Waals surface area contributed by atoms with Gasteiger partial charge in [-0.25, -0.2) is 0 Å². The molecule has 0 bridgehead atoms. The minimum absolute atomic E-state index is 1.22. The van der Waals surface area contributed by atoms with Gasteiger partial charge in [0, 0.05) is 0 Å². The molecule has 0 heterocycles. The van der Waals surface area contributed by atoms with Gasteiger partial charge in [0.1, 0.15) is 0 Å². The molecule has 0 nitrogen and oxygen atoms in total. The van der Waals surface area contributed by atoms with Crippen LogP contribution in [0.3, 0.4) is 0 Å². The summed E-state index contributed by atoms with van der Waals surface area (Å²) >= 11 is 0. The van der Waals surface area contributed by atoms with Crippen LogP contribution in [0.2, 0.25) is 0 Å². The fraction of sp³-hybridized carbons (Fsp3) is 0. The summed E-state index contributed by atoms with van der Waals surface area (Å²) in [5.41, 5.74) is 12.5. The molecule has 16 aromatic carbocycles. The molecule has 16 aromatic rings. The molecule has 0 amide bonds. The summed E-state index contributed by atoms with van der Waals surface area (Å²) in [7, 11) is 0. The largest absolute Gasteiger partial charge is 0.0622 e. The van der Waals surface area contributed by atoms with Crippen LogP contribution in [0, 0.1) is 0 Å². The molecular formula is C70H40. The fourth-order valence-corrected chi connectivity index (χ4v) is 13.3. The van der Waals surface area contributed by atoms with Crippen molar-refractivity contribution in [3.05, 3.63) is 243 Å². The molecule has 0 saturated carbocycles. The van der Waals surface area contributed by atoms with Crippen LogP contribution in [0.15, 0.2) is 243 Å². The van der Waals surface area contributed by atoms with Crippen molar-refractivity contribution < 1.29 is 0 Å². The standard InChI is InChI=1S/C70H40/c1-5-19-41(20-6-1)46-29-13-14-30-49(46)61-53-34-18-36-55-64(53)68(69-51-32-16-28-44-27-15-31-50(58(44)51)66(61)69)54-35-17-33-52-59(45-25-11-4-12-26-45)65-56-39-37-47(42-21-7-2-8-22-42)60-48(43-23-9-3-10-24-43)38-40-57(62(56)60)70(65)67(55)63(52)54/h1-40H. The average Bonchev–Trinajstić information content (AvgIpc) is 3.94. The van der Waals surface area contributed by atoms with Crippen molar-refractivity contribution in [2.45, 2.75) is 0 Å². The van der Waals surface area contributed by atoms with Gasteiger partial charge in [-0.05, 0) is 163 Å². The van der Waals surface area contributed by atoms with Gasteiger partial charge in [-0.2, -0.15) is 0 Å². The number of benzene rings is 14. The molecule has 16 rings (SSSR count). The molecule has 0 unspecified atom stereocenters. The first kappa shape index (κ1) is 37.9. The number of rotatable bonds is 5. The Morgan fingerprint density at radius 3 is 1.03 bits per heavy atom. The normalized spacial score (nSPS) is 12.3. The Kier molecular flexibility index (Phi) is 7.70. The number of hydrogen-bond donors (Lipinski definition) is 0. The first-order valence-corrected chi connectivity index (χ1v) is 24.5. The lowest BCUT2D eigenvalue weighted by atomic mass is 9.80. The number of fused-ring (bicyclic) bond motifs is 10. The second-order valence-corrected chi connectivity index (χ2v) is 19.2. The van der Waals surface area contributed by atoms with Gasteiger partial charge in [0.15, 0.2) is 0 Å². The van der Waals surface area contributed by atoms with Gasteiger partial charge in [0.05, 0.1) is 0 Å². The van der Waals surface area contributed by atoms with Crippen LogP contribution < -0.4 is 0 Å². The van der Waals surface area contributed by atoms with Crippen LogP contribution in [-0.4, -0.2) is 0 Å². The van der Waals surface area contributed by atoms with Gasteiger partial charge in [0.2, 0.25) is 0 Å². The highest BCUT2D eigenvalue weighted by Crippen LogP contribution is 2.58. The smallest absolute Gasteiger partial charge is 0.000696 e. The molecule has 70 heavy (non-hydrogen) atoms. The monoisotopic (exact) mass is 880 g/mol. The highest BCUT2D eigenvalue weighted by atomic mass is 14.3. The molecule has 0 aliphatic carbocycles. The molecule has 0 aliphatic rings. The number of hydrogen-bond acceptors (Lipinski definition) is 0. The van der Waals surface area contributed by atoms with E-state index in [-0.39, 0.29) is 0 Å². The quantitative estimate of drug-likeness (QED) is 0.119. The van der Waals surface area contributed by atoms with Gasteiger partial charge in [-0.3, -0.25) is 0 Å². The molecule has 0 radical (unpaired) electrons. The van der Waals surface area contributed by atoms with Crippen molar-refractivity contribution in [2.24, 2.45) is 0 Å². The summed E-state index contributed by atoms with van der Waals surface area (Å²) in [5, 5.41) is 26.3. The maximum atomic E-state index is 2.45.